The van der Waals surface area contributed by atoms with Gasteiger partial charge in [0.1, 0.15) is 5.82 Å². The van der Waals surface area contributed by atoms with Gasteiger partial charge in [0.2, 0.25) is 10.0 Å². The second kappa shape index (κ2) is 7.38. The van der Waals surface area contributed by atoms with Gasteiger partial charge in [-0.15, -0.1) is 0 Å². The van der Waals surface area contributed by atoms with Gasteiger partial charge in [0.15, 0.2) is 0 Å². The van der Waals surface area contributed by atoms with Crippen molar-refractivity contribution < 1.29 is 17.7 Å². The van der Waals surface area contributed by atoms with E-state index in [2.05, 4.69) is 0 Å². The third kappa shape index (κ3) is 4.17. The maximum Gasteiger partial charge on any atom is 0.269 e. The number of hydrogen-bond acceptors (Lipinski definition) is 5. The highest BCUT2D eigenvalue weighted by Gasteiger charge is 2.27. The fourth-order valence-corrected chi connectivity index (χ4v) is 4.41. The number of nitro groups is 1. The lowest BCUT2D eigenvalue weighted by molar-refractivity contribution is -0.384. The summed E-state index contributed by atoms with van der Waals surface area (Å²) in [6, 6.07) is 11.6. The van der Waals surface area contributed by atoms with Crippen LogP contribution in [0.15, 0.2) is 48.5 Å². The van der Waals surface area contributed by atoms with Gasteiger partial charge in [-0.3, -0.25) is 10.1 Å². The Labute approximate surface area is 150 Å². The van der Waals surface area contributed by atoms with E-state index in [0.29, 0.717) is 31.7 Å². The van der Waals surface area contributed by atoms with Gasteiger partial charge >= 0.3 is 0 Å². The number of hydrogen-bond donors (Lipinski definition) is 0. The molecule has 0 atom stereocenters. The van der Waals surface area contributed by atoms with Crippen molar-refractivity contribution in [3.63, 3.8) is 0 Å². The lowest BCUT2D eigenvalue weighted by Gasteiger charge is -2.35. The van der Waals surface area contributed by atoms with E-state index in [1.54, 1.807) is 12.1 Å². The molecule has 1 heterocycles. The summed E-state index contributed by atoms with van der Waals surface area (Å²) in [6.45, 7) is 1.67. The molecular formula is C17H18FN3O4S. The van der Waals surface area contributed by atoms with Gasteiger partial charge in [0, 0.05) is 44.0 Å². The second-order valence-electron chi connectivity index (χ2n) is 6.04. The summed E-state index contributed by atoms with van der Waals surface area (Å²) in [6.07, 6.45) is 0. The largest absolute Gasteiger partial charge is 0.369 e. The van der Waals surface area contributed by atoms with E-state index in [1.165, 1.54) is 40.7 Å². The molecule has 2 aromatic carbocycles. The van der Waals surface area contributed by atoms with Gasteiger partial charge in [-0.05, 0) is 29.8 Å². The zero-order valence-electron chi connectivity index (χ0n) is 13.9. The fourth-order valence-electron chi connectivity index (χ4n) is 2.89. The monoisotopic (exact) mass is 379 g/mol. The Morgan fingerprint density at radius 3 is 2.08 bits per heavy atom. The van der Waals surface area contributed by atoms with E-state index in [-0.39, 0.29) is 11.4 Å². The maximum absolute atomic E-state index is 12.9. The Morgan fingerprint density at radius 1 is 0.962 bits per heavy atom. The summed E-state index contributed by atoms with van der Waals surface area (Å²) >= 11 is 0. The highest BCUT2D eigenvalue weighted by atomic mass is 32.2. The topological polar surface area (TPSA) is 83.8 Å². The Morgan fingerprint density at radius 2 is 1.54 bits per heavy atom. The highest BCUT2D eigenvalue weighted by molar-refractivity contribution is 7.88. The second-order valence-corrected chi connectivity index (χ2v) is 8.01. The van der Waals surface area contributed by atoms with Crippen molar-refractivity contribution in [2.75, 3.05) is 31.1 Å². The Balaban J connectivity index is 1.62. The first kappa shape index (κ1) is 18.3. The third-order valence-electron chi connectivity index (χ3n) is 4.32. The average molecular weight is 379 g/mol. The van der Waals surface area contributed by atoms with Gasteiger partial charge in [-0.2, -0.15) is 4.31 Å². The van der Waals surface area contributed by atoms with Crippen LogP contribution in [0.3, 0.4) is 0 Å². The van der Waals surface area contributed by atoms with Gasteiger partial charge in [0.25, 0.3) is 5.69 Å². The molecule has 138 valence electrons. The molecule has 1 aliphatic heterocycles. The lowest BCUT2D eigenvalue weighted by atomic mass is 10.2. The van der Waals surface area contributed by atoms with Crippen molar-refractivity contribution in [2.45, 2.75) is 5.75 Å². The minimum Gasteiger partial charge on any atom is -0.369 e. The molecule has 0 aromatic heterocycles. The number of benzene rings is 2. The molecular weight excluding hydrogens is 361 g/mol. The predicted octanol–water partition coefficient (Wildman–Crippen LogP) is 2.39. The summed E-state index contributed by atoms with van der Waals surface area (Å²) < 4.78 is 39.5. The molecule has 0 spiro atoms. The number of nitrogens with zero attached hydrogens (tertiary/aromatic N) is 3. The first-order chi connectivity index (χ1) is 12.3. The molecule has 9 heteroatoms. The Kier molecular flexibility index (Phi) is 5.19. The first-order valence-electron chi connectivity index (χ1n) is 8.07. The van der Waals surface area contributed by atoms with Gasteiger partial charge in [-0.1, -0.05) is 12.1 Å². The van der Waals surface area contributed by atoms with Gasteiger partial charge < -0.3 is 4.90 Å². The summed E-state index contributed by atoms with van der Waals surface area (Å²) in [4.78, 5) is 12.2. The van der Waals surface area contributed by atoms with Crippen molar-refractivity contribution in [1.29, 1.82) is 0 Å². The van der Waals surface area contributed by atoms with Crippen LogP contribution in [-0.2, 0) is 15.8 Å². The molecule has 3 rings (SSSR count). The normalized spacial score (nSPS) is 15.8. The molecule has 0 aliphatic carbocycles. The fraction of sp³-hybridized carbons (Fsp3) is 0.294. The maximum atomic E-state index is 12.9. The van der Waals surface area contributed by atoms with Crippen molar-refractivity contribution >= 4 is 21.4 Å². The van der Waals surface area contributed by atoms with E-state index in [9.17, 15) is 22.9 Å². The third-order valence-corrected chi connectivity index (χ3v) is 6.17. The van der Waals surface area contributed by atoms with Crippen molar-refractivity contribution in [3.8, 4) is 0 Å². The van der Waals surface area contributed by atoms with Crippen LogP contribution in [-0.4, -0.2) is 43.8 Å². The molecule has 0 saturated carbocycles. The molecule has 1 saturated heterocycles. The van der Waals surface area contributed by atoms with Crippen LogP contribution in [0.2, 0.25) is 0 Å². The number of nitro benzene ring substituents is 1. The van der Waals surface area contributed by atoms with E-state index >= 15 is 0 Å². The number of rotatable bonds is 5. The Hall–Kier alpha value is -2.52. The first-order valence-corrected chi connectivity index (χ1v) is 9.68. The number of anilines is 1. The van der Waals surface area contributed by atoms with Crippen LogP contribution in [0.1, 0.15) is 5.56 Å². The standard InChI is InChI=1S/C17H18FN3O4S/c18-15-3-1-14(2-4-15)13-26(24,25)20-11-9-19(10-12-20)16-5-7-17(8-6-16)21(22)23/h1-8H,9-13H2. The summed E-state index contributed by atoms with van der Waals surface area (Å²) in [7, 11) is -3.48. The van der Waals surface area contributed by atoms with Crippen LogP contribution >= 0.6 is 0 Å². The minimum atomic E-state index is -3.48. The number of piperazine rings is 1. The van der Waals surface area contributed by atoms with E-state index < -0.39 is 20.8 Å². The minimum absolute atomic E-state index is 0.0225. The van der Waals surface area contributed by atoms with Crippen LogP contribution < -0.4 is 4.90 Å². The zero-order chi connectivity index (χ0) is 18.7. The highest BCUT2D eigenvalue weighted by Crippen LogP contribution is 2.22. The lowest BCUT2D eigenvalue weighted by Crippen LogP contribution is -2.49. The molecule has 1 aliphatic rings. The average Bonchev–Trinajstić information content (AvgIpc) is 2.64. The van der Waals surface area contributed by atoms with E-state index in [1.807, 2.05) is 4.90 Å². The van der Waals surface area contributed by atoms with Crippen LogP contribution in [0.25, 0.3) is 0 Å². The number of sulfonamides is 1. The van der Waals surface area contributed by atoms with Crippen molar-refractivity contribution in [3.05, 3.63) is 70.0 Å². The van der Waals surface area contributed by atoms with Gasteiger partial charge in [-0.25, -0.2) is 12.8 Å². The summed E-state index contributed by atoms with van der Waals surface area (Å²) in [5.74, 6) is -0.562. The molecule has 1 fully saturated rings. The van der Waals surface area contributed by atoms with Crippen LogP contribution in [0, 0.1) is 15.9 Å². The SMILES string of the molecule is O=[N+]([O-])c1ccc(N2CCN(S(=O)(=O)Cc3ccc(F)cc3)CC2)cc1. The van der Waals surface area contributed by atoms with Crippen molar-refractivity contribution in [2.24, 2.45) is 0 Å². The van der Waals surface area contributed by atoms with Crippen LogP contribution in [0.4, 0.5) is 15.8 Å². The quantitative estimate of drug-likeness (QED) is 0.588. The zero-order valence-corrected chi connectivity index (χ0v) is 14.7. The predicted molar refractivity (Wildman–Crippen MR) is 95.9 cm³/mol. The number of halogens is 1. The summed E-state index contributed by atoms with van der Waals surface area (Å²) in [5, 5.41) is 10.7. The molecule has 0 amide bonds. The molecule has 0 N–H and O–H groups in total. The van der Waals surface area contributed by atoms with Crippen molar-refractivity contribution in [1.82, 2.24) is 4.31 Å². The molecule has 2 aromatic rings. The number of non-ortho nitro benzene ring substituents is 1. The van der Waals surface area contributed by atoms with E-state index in [0.717, 1.165) is 5.69 Å². The molecule has 26 heavy (non-hydrogen) atoms. The van der Waals surface area contributed by atoms with E-state index in [4.69, 9.17) is 0 Å². The van der Waals surface area contributed by atoms with Gasteiger partial charge in [0.05, 0.1) is 10.7 Å². The Bertz CT molecular complexity index is 877. The molecule has 0 unspecified atom stereocenters. The molecule has 0 radical (unpaired) electrons. The van der Waals surface area contributed by atoms with Crippen LogP contribution in [0.5, 0.6) is 0 Å². The smallest absolute Gasteiger partial charge is 0.269 e. The molecule has 0 bridgehead atoms. The molecule has 7 nitrogen and oxygen atoms in total. The summed E-state index contributed by atoms with van der Waals surface area (Å²) in [5.41, 5.74) is 1.39.